The average molecular weight is 238 g/mol. The van der Waals surface area contributed by atoms with Gasteiger partial charge in [0.05, 0.1) is 20.1 Å². The number of ether oxygens (including phenoxy) is 2. The molecule has 4 N–H and O–H groups in total. The lowest BCUT2D eigenvalue weighted by molar-refractivity contribution is -0.118. The van der Waals surface area contributed by atoms with Gasteiger partial charge in [0.1, 0.15) is 0 Å². The molecule has 94 valence electrons. The van der Waals surface area contributed by atoms with Crippen LogP contribution in [0, 0.1) is 0 Å². The highest BCUT2D eigenvalue weighted by atomic mass is 16.5. The van der Waals surface area contributed by atoms with Gasteiger partial charge in [-0.25, -0.2) is 0 Å². The van der Waals surface area contributed by atoms with Crippen molar-refractivity contribution in [3.8, 4) is 11.5 Å². The molecule has 0 radical (unpaired) electrons. The minimum absolute atomic E-state index is 0.181. The highest BCUT2D eigenvalue weighted by Gasteiger charge is 2.10. The van der Waals surface area contributed by atoms with Crippen molar-refractivity contribution in [2.75, 3.05) is 20.3 Å². The lowest BCUT2D eigenvalue weighted by Gasteiger charge is -2.14. The number of primary amides is 1. The Morgan fingerprint density at radius 2 is 2.18 bits per heavy atom. The van der Waals surface area contributed by atoms with Gasteiger partial charge in [-0.15, -0.1) is 0 Å². The first-order valence-corrected chi connectivity index (χ1v) is 5.46. The average Bonchev–Trinajstić information content (AvgIpc) is 2.30. The molecule has 1 rings (SSSR count). The smallest absolute Gasteiger partial charge is 0.220 e. The second-order valence-electron chi connectivity index (χ2n) is 3.55. The molecule has 0 aliphatic carbocycles. The van der Waals surface area contributed by atoms with E-state index in [1.165, 1.54) is 0 Å². The van der Waals surface area contributed by atoms with E-state index in [0.29, 0.717) is 24.5 Å². The normalized spacial score (nSPS) is 10.0. The van der Waals surface area contributed by atoms with Gasteiger partial charge in [-0.05, 0) is 24.6 Å². The largest absolute Gasteiger partial charge is 0.493 e. The number of para-hydroxylation sites is 1. The quantitative estimate of drug-likeness (QED) is 0.722. The summed E-state index contributed by atoms with van der Waals surface area (Å²) < 4.78 is 10.7. The topological polar surface area (TPSA) is 87.6 Å². The molecule has 5 heteroatoms. The second-order valence-corrected chi connectivity index (χ2v) is 3.55. The van der Waals surface area contributed by atoms with Crippen molar-refractivity contribution in [2.45, 2.75) is 12.8 Å². The highest BCUT2D eigenvalue weighted by molar-refractivity contribution is 5.73. The Labute approximate surface area is 101 Å². The highest BCUT2D eigenvalue weighted by Crippen LogP contribution is 2.31. The molecule has 0 aromatic heterocycles. The summed E-state index contributed by atoms with van der Waals surface area (Å²) in [5, 5.41) is 0. The standard InChI is InChI=1S/C12H18N2O3/c1-16-10-4-2-3-9(5-7-13)12(10)17-8-6-11(14)15/h2-4H,5-8,13H2,1H3,(H2,14,15). The van der Waals surface area contributed by atoms with Crippen LogP contribution < -0.4 is 20.9 Å². The van der Waals surface area contributed by atoms with Crippen LogP contribution in [0.15, 0.2) is 18.2 Å². The number of carbonyl (C=O) groups is 1. The Morgan fingerprint density at radius 3 is 2.76 bits per heavy atom. The monoisotopic (exact) mass is 238 g/mol. The summed E-state index contributed by atoms with van der Waals surface area (Å²) in [4.78, 5) is 10.6. The van der Waals surface area contributed by atoms with Crippen LogP contribution in [0.3, 0.4) is 0 Å². The molecule has 5 nitrogen and oxygen atoms in total. The molecule has 0 unspecified atom stereocenters. The molecule has 0 aliphatic rings. The van der Waals surface area contributed by atoms with Crippen LogP contribution in [0.5, 0.6) is 11.5 Å². The molecular weight excluding hydrogens is 220 g/mol. The van der Waals surface area contributed by atoms with Crippen LogP contribution in [0.25, 0.3) is 0 Å². The number of nitrogens with two attached hydrogens (primary N) is 2. The Morgan fingerprint density at radius 1 is 1.41 bits per heavy atom. The van der Waals surface area contributed by atoms with E-state index in [2.05, 4.69) is 0 Å². The first kappa shape index (κ1) is 13.3. The van der Waals surface area contributed by atoms with E-state index in [1.54, 1.807) is 13.2 Å². The number of carbonyl (C=O) groups excluding carboxylic acids is 1. The van der Waals surface area contributed by atoms with Gasteiger partial charge < -0.3 is 20.9 Å². The minimum Gasteiger partial charge on any atom is -0.493 e. The SMILES string of the molecule is COc1cccc(CCN)c1OCCC(N)=O. The van der Waals surface area contributed by atoms with Crippen molar-refractivity contribution in [3.05, 3.63) is 23.8 Å². The second kappa shape index (κ2) is 6.75. The predicted molar refractivity (Wildman–Crippen MR) is 65.1 cm³/mol. The van der Waals surface area contributed by atoms with Gasteiger partial charge in [-0.2, -0.15) is 0 Å². The van der Waals surface area contributed by atoms with Crippen LogP contribution in [0.2, 0.25) is 0 Å². The third kappa shape index (κ3) is 3.96. The number of methoxy groups -OCH3 is 1. The van der Waals surface area contributed by atoms with Gasteiger partial charge in [0.25, 0.3) is 0 Å². The van der Waals surface area contributed by atoms with E-state index < -0.39 is 0 Å². The summed E-state index contributed by atoms with van der Waals surface area (Å²) in [5.41, 5.74) is 11.5. The summed E-state index contributed by atoms with van der Waals surface area (Å²) >= 11 is 0. The van der Waals surface area contributed by atoms with Crippen molar-refractivity contribution < 1.29 is 14.3 Å². The predicted octanol–water partition coefficient (Wildman–Crippen LogP) is 0.451. The maximum Gasteiger partial charge on any atom is 0.220 e. The van der Waals surface area contributed by atoms with Crippen LogP contribution in [0.4, 0.5) is 0 Å². The molecular formula is C12H18N2O3. The third-order valence-electron chi connectivity index (χ3n) is 2.29. The summed E-state index contributed by atoms with van der Waals surface area (Å²) in [6.45, 7) is 0.770. The Hall–Kier alpha value is -1.75. The summed E-state index contributed by atoms with van der Waals surface area (Å²) in [6, 6.07) is 5.61. The maximum absolute atomic E-state index is 10.6. The first-order valence-electron chi connectivity index (χ1n) is 5.46. The Bertz CT molecular complexity index is 380. The molecule has 0 saturated carbocycles. The number of benzene rings is 1. The number of hydrogen-bond acceptors (Lipinski definition) is 4. The van der Waals surface area contributed by atoms with E-state index in [0.717, 1.165) is 5.56 Å². The van der Waals surface area contributed by atoms with Gasteiger partial charge in [-0.3, -0.25) is 4.79 Å². The zero-order chi connectivity index (χ0) is 12.7. The number of hydrogen-bond donors (Lipinski definition) is 2. The van der Waals surface area contributed by atoms with Crippen molar-refractivity contribution in [2.24, 2.45) is 11.5 Å². The molecule has 1 aromatic carbocycles. The maximum atomic E-state index is 10.6. The molecule has 17 heavy (non-hydrogen) atoms. The summed E-state index contributed by atoms with van der Waals surface area (Å²) in [5.74, 6) is 0.891. The summed E-state index contributed by atoms with van der Waals surface area (Å²) in [7, 11) is 1.57. The lowest BCUT2D eigenvalue weighted by Crippen LogP contribution is -2.15. The van der Waals surface area contributed by atoms with Crippen molar-refractivity contribution >= 4 is 5.91 Å². The van der Waals surface area contributed by atoms with E-state index in [-0.39, 0.29) is 18.9 Å². The lowest BCUT2D eigenvalue weighted by atomic mass is 10.1. The molecule has 0 heterocycles. The molecule has 0 atom stereocenters. The van der Waals surface area contributed by atoms with E-state index in [9.17, 15) is 4.79 Å². The summed E-state index contributed by atoms with van der Waals surface area (Å²) in [6.07, 6.45) is 0.878. The molecule has 0 bridgehead atoms. The fourth-order valence-corrected chi connectivity index (χ4v) is 1.49. The van der Waals surface area contributed by atoms with Crippen LogP contribution in [-0.2, 0) is 11.2 Å². The number of rotatable bonds is 7. The van der Waals surface area contributed by atoms with Crippen LogP contribution in [0.1, 0.15) is 12.0 Å². The van der Waals surface area contributed by atoms with Gasteiger partial charge in [-0.1, -0.05) is 12.1 Å². The van der Waals surface area contributed by atoms with Crippen molar-refractivity contribution in [3.63, 3.8) is 0 Å². The molecule has 0 saturated heterocycles. The molecule has 0 aliphatic heterocycles. The van der Waals surface area contributed by atoms with Crippen molar-refractivity contribution in [1.82, 2.24) is 0 Å². The minimum atomic E-state index is -0.389. The van der Waals surface area contributed by atoms with E-state index in [4.69, 9.17) is 20.9 Å². The van der Waals surface area contributed by atoms with Gasteiger partial charge in [0.2, 0.25) is 5.91 Å². The fourth-order valence-electron chi connectivity index (χ4n) is 1.49. The molecule has 1 amide bonds. The fraction of sp³-hybridized carbons (Fsp3) is 0.417. The molecule has 0 fully saturated rings. The molecule has 0 spiro atoms. The Kier molecular flexibility index (Phi) is 5.29. The van der Waals surface area contributed by atoms with E-state index in [1.807, 2.05) is 12.1 Å². The van der Waals surface area contributed by atoms with Gasteiger partial charge in [0.15, 0.2) is 11.5 Å². The zero-order valence-electron chi connectivity index (χ0n) is 9.94. The van der Waals surface area contributed by atoms with Crippen LogP contribution in [-0.4, -0.2) is 26.2 Å². The van der Waals surface area contributed by atoms with Gasteiger partial charge >= 0.3 is 0 Å². The number of amides is 1. The molecule has 1 aromatic rings. The van der Waals surface area contributed by atoms with E-state index >= 15 is 0 Å². The van der Waals surface area contributed by atoms with Crippen molar-refractivity contribution in [1.29, 1.82) is 0 Å². The first-order chi connectivity index (χ1) is 8.19. The Balaban J connectivity index is 2.80. The zero-order valence-corrected chi connectivity index (χ0v) is 9.94. The third-order valence-corrected chi connectivity index (χ3v) is 2.29. The van der Waals surface area contributed by atoms with Gasteiger partial charge in [0, 0.05) is 0 Å². The van der Waals surface area contributed by atoms with Crippen LogP contribution >= 0.6 is 0 Å².